The number of rotatable bonds is 2. The summed E-state index contributed by atoms with van der Waals surface area (Å²) >= 11 is 0. The average Bonchev–Trinajstić information content (AvgIpc) is 2.93. The first-order chi connectivity index (χ1) is 12.1. The van der Waals surface area contributed by atoms with Gasteiger partial charge in [0, 0.05) is 29.9 Å². The van der Waals surface area contributed by atoms with E-state index in [4.69, 9.17) is 0 Å². The van der Waals surface area contributed by atoms with Crippen molar-refractivity contribution in [3.63, 3.8) is 0 Å². The fourth-order valence-corrected chi connectivity index (χ4v) is 4.14. The Balaban J connectivity index is 2.30. The molecule has 0 fully saturated rings. The Bertz CT molecular complexity index is 817. The van der Waals surface area contributed by atoms with Gasteiger partial charge in [-0.25, -0.2) is 0 Å². The van der Waals surface area contributed by atoms with Crippen molar-refractivity contribution in [3.8, 4) is 0 Å². The summed E-state index contributed by atoms with van der Waals surface area (Å²) in [6.45, 7) is 10.6. The molecule has 0 spiro atoms. The number of nitrogens with one attached hydrogen (secondary N) is 1. The molecule has 1 aliphatic rings. The lowest BCUT2D eigenvalue weighted by molar-refractivity contribution is -0.124. The monoisotopic (exact) mass is 357 g/mol. The standard InChI is InChI=1S/C21H31N3O2/c1-13(2)19-20(26)22-15(12-25)10-14-11-24(21(3,4)5)17-9-7-8-16(18(14)17)23(19)6/h7-9,11,13,15,19,25H,10,12H2,1-6H3,(H,22,26)/t15-,19-/m0/s1. The van der Waals surface area contributed by atoms with Crippen LogP contribution in [0.4, 0.5) is 5.69 Å². The summed E-state index contributed by atoms with van der Waals surface area (Å²) in [6, 6.07) is 5.76. The molecule has 1 amide bonds. The van der Waals surface area contributed by atoms with E-state index in [1.807, 2.05) is 7.05 Å². The third kappa shape index (κ3) is 3.09. The molecule has 1 aliphatic heterocycles. The van der Waals surface area contributed by atoms with Crippen LogP contribution in [0.1, 0.15) is 40.2 Å². The Morgan fingerprint density at radius 3 is 2.58 bits per heavy atom. The number of anilines is 1. The molecule has 0 radical (unpaired) electrons. The summed E-state index contributed by atoms with van der Waals surface area (Å²) < 4.78 is 2.30. The highest BCUT2D eigenvalue weighted by molar-refractivity contribution is 5.98. The smallest absolute Gasteiger partial charge is 0.243 e. The van der Waals surface area contributed by atoms with Crippen molar-refractivity contribution < 1.29 is 9.90 Å². The number of aromatic nitrogens is 1. The molecule has 3 rings (SSSR count). The minimum Gasteiger partial charge on any atom is -0.394 e. The van der Waals surface area contributed by atoms with Crippen molar-refractivity contribution >= 4 is 22.5 Å². The zero-order chi connectivity index (χ0) is 19.2. The van der Waals surface area contributed by atoms with Crippen LogP contribution in [0.15, 0.2) is 24.4 Å². The molecule has 2 N–H and O–H groups in total. The van der Waals surface area contributed by atoms with Gasteiger partial charge in [-0.05, 0) is 50.8 Å². The predicted octanol–water partition coefficient (Wildman–Crippen LogP) is 2.89. The molecular formula is C21H31N3O2. The van der Waals surface area contributed by atoms with Gasteiger partial charge in [-0.15, -0.1) is 0 Å². The second-order valence-corrected chi connectivity index (χ2v) is 8.76. The van der Waals surface area contributed by atoms with Crippen LogP contribution in [0.2, 0.25) is 0 Å². The van der Waals surface area contributed by atoms with Gasteiger partial charge in [0.15, 0.2) is 0 Å². The first-order valence-electron chi connectivity index (χ1n) is 9.42. The average molecular weight is 357 g/mol. The first kappa shape index (κ1) is 18.8. The fraction of sp³-hybridized carbons (Fsp3) is 0.571. The molecule has 1 aromatic heterocycles. The van der Waals surface area contributed by atoms with Crippen LogP contribution >= 0.6 is 0 Å². The van der Waals surface area contributed by atoms with Crippen LogP contribution in [-0.4, -0.2) is 41.3 Å². The molecule has 2 atom stereocenters. The number of aliphatic hydroxyl groups excluding tert-OH is 1. The second-order valence-electron chi connectivity index (χ2n) is 8.76. The zero-order valence-corrected chi connectivity index (χ0v) is 16.7. The van der Waals surface area contributed by atoms with E-state index in [0.29, 0.717) is 6.42 Å². The van der Waals surface area contributed by atoms with Crippen LogP contribution < -0.4 is 10.2 Å². The van der Waals surface area contributed by atoms with Gasteiger partial charge in [0.05, 0.1) is 18.2 Å². The highest BCUT2D eigenvalue weighted by atomic mass is 16.3. The maximum absolute atomic E-state index is 12.9. The molecule has 0 unspecified atom stereocenters. The van der Waals surface area contributed by atoms with Crippen LogP contribution in [0, 0.1) is 5.92 Å². The van der Waals surface area contributed by atoms with Crippen molar-refractivity contribution in [2.75, 3.05) is 18.6 Å². The van der Waals surface area contributed by atoms with E-state index in [-0.39, 0.29) is 36.1 Å². The van der Waals surface area contributed by atoms with Crippen molar-refractivity contribution in [1.82, 2.24) is 9.88 Å². The number of benzene rings is 1. The summed E-state index contributed by atoms with van der Waals surface area (Å²) in [5, 5.41) is 14.1. The Labute approximate surface area is 156 Å². The van der Waals surface area contributed by atoms with Gasteiger partial charge in [0.1, 0.15) is 6.04 Å². The third-order valence-electron chi connectivity index (χ3n) is 5.34. The molecule has 0 aliphatic carbocycles. The number of aliphatic hydroxyl groups is 1. The Kier molecular flexibility index (Phi) is 4.78. The minimum absolute atomic E-state index is 0.0209. The summed E-state index contributed by atoms with van der Waals surface area (Å²) in [5.74, 6) is 0.133. The summed E-state index contributed by atoms with van der Waals surface area (Å²) in [6.07, 6.45) is 2.81. The number of nitrogens with zero attached hydrogens (tertiary/aromatic N) is 2. The largest absolute Gasteiger partial charge is 0.394 e. The number of amides is 1. The summed E-state index contributed by atoms with van der Waals surface area (Å²) in [5.41, 5.74) is 3.37. The molecule has 0 saturated heterocycles. The molecule has 5 heteroatoms. The molecule has 0 saturated carbocycles. The van der Waals surface area contributed by atoms with Gasteiger partial charge in [0.25, 0.3) is 0 Å². The highest BCUT2D eigenvalue weighted by Gasteiger charge is 2.32. The lowest BCUT2D eigenvalue weighted by atomic mass is 10.0. The fourth-order valence-electron chi connectivity index (χ4n) is 4.14. The maximum Gasteiger partial charge on any atom is 0.243 e. The molecule has 2 heterocycles. The van der Waals surface area contributed by atoms with E-state index in [1.54, 1.807) is 0 Å². The van der Waals surface area contributed by atoms with Crippen molar-refractivity contribution in [1.29, 1.82) is 0 Å². The van der Waals surface area contributed by atoms with Crippen molar-refractivity contribution in [3.05, 3.63) is 30.0 Å². The SMILES string of the molecule is CC(C)[C@H]1C(=O)N[C@H](CO)Cc2cn(C(C)(C)C)c3cccc(c23)N1C. The normalized spacial score (nSPS) is 21.5. The summed E-state index contributed by atoms with van der Waals surface area (Å²) in [4.78, 5) is 15.0. The van der Waals surface area contributed by atoms with Crippen LogP contribution in [0.3, 0.4) is 0 Å². The van der Waals surface area contributed by atoms with Gasteiger partial charge >= 0.3 is 0 Å². The summed E-state index contributed by atoms with van der Waals surface area (Å²) in [7, 11) is 2.00. The van der Waals surface area contributed by atoms with Crippen LogP contribution in [0.5, 0.6) is 0 Å². The van der Waals surface area contributed by atoms with Crippen molar-refractivity contribution in [2.45, 2.75) is 58.7 Å². The number of carbonyl (C=O) groups excluding carboxylic acids is 1. The minimum atomic E-state index is -0.279. The van der Waals surface area contributed by atoms with E-state index in [2.05, 4.69) is 73.8 Å². The Morgan fingerprint density at radius 2 is 2.00 bits per heavy atom. The molecular weight excluding hydrogens is 326 g/mol. The van der Waals surface area contributed by atoms with E-state index >= 15 is 0 Å². The number of likely N-dealkylation sites (N-methyl/N-ethyl adjacent to an activating group) is 1. The third-order valence-corrected chi connectivity index (χ3v) is 5.34. The van der Waals surface area contributed by atoms with Crippen LogP contribution in [-0.2, 0) is 16.8 Å². The van der Waals surface area contributed by atoms with Gasteiger partial charge in [0.2, 0.25) is 5.91 Å². The topological polar surface area (TPSA) is 57.5 Å². The van der Waals surface area contributed by atoms with E-state index in [1.165, 1.54) is 16.5 Å². The Morgan fingerprint density at radius 1 is 1.31 bits per heavy atom. The number of carbonyl (C=O) groups is 1. The number of hydrogen-bond acceptors (Lipinski definition) is 3. The molecule has 0 bridgehead atoms. The molecule has 5 nitrogen and oxygen atoms in total. The quantitative estimate of drug-likeness (QED) is 0.869. The van der Waals surface area contributed by atoms with E-state index in [0.717, 1.165) is 5.69 Å². The lowest BCUT2D eigenvalue weighted by Crippen LogP contribution is -2.52. The Hall–Kier alpha value is -2.01. The molecule has 26 heavy (non-hydrogen) atoms. The number of hydrogen-bond donors (Lipinski definition) is 2. The van der Waals surface area contributed by atoms with Gasteiger partial charge in [-0.2, -0.15) is 0 Å². The predicted molar refractivity (Wildman–Crippen MR) is 107 cm³/mol. The lowest BCUT2D eigenvalue weighted by Gasteiger charge is -2.33. The van der Waals surface area contributed by atoms with Gasteiger partial charge in [-0.3, -0.25) is 4.79 Å². The molecule has 2 aromatic rings. The molecule has 1 aromatic carbocycles. The zero-order valence-electron chi connectivity index (χ0n) is 16.7. The maximum atomic E-state index is 12.9. The van der Waals surface area contributed by atoms with Crippen LogP contribution in [0.25, 0.3) is 10.9 Å². The highest BCUT2D eigenvalue weighted by Crippen LogP contribution is 2.37. The first-order valence-corrected chi connectivity index (χ1v) is 9.42. The van der Waals surface area contributed by atoms with Crippen molar-refractivity contribution in [2.24, 2.45) is 5.92 Å². The second kappa shape index (κ2) is 6.62. The van der Waals surface area contributed by atoms with Gasteiger partial charge < -0.3 is 19.9 Å². The van der Waals surface area contributed by atoms with E-state index < -0.39 is 0 Å². The van der Waals surface area contributed by atoms with Gasteiger partial charge in [-0.1, -0.05) is 19.9 Å². The molecule has 142 valence electrons. The van der Waals surface area contributed by atoms with E-state index in [9.17, 15) is 9.90 Å².